The molecule has 1 heterocycles. The molecule has 0 spiro atoms. The van der Waals surface area contributed by atoms with E-state index in [4.69, 9.17) is 10.8 Å². The summed E-state index contributed by atoms with van der Waals surface area (Å²) in [5.41, 5.74) is 7.64. The second kappa shape index (κ2) is 5.63. The number of amides is 1. The maximum Gasteiger partial charge on any atom is 0.335 e. The van der Waals surface area contributed by atoms with Crippen molar-refractivity contribution in [1.82, 2.24) is 0 Å². The maximum atomic E-state index is 12.6. The van der Waals surface area contributed by atoms with Crippen molar-refractivity contribution in [2.75, 3.05) is 18.0 Å². The number of carbonyl (C=O) groups excluding carboxylic acids is 1. The average molecular weight is 276 g/mol. The second-order valence-electron chi connectivity index (χ2n) is 5.47. The van der Waals surface area contributed by atoms with Gasteiger partial charge in [0.25, 0.3) is 0 Å². The fourth-order valence-electron chi connectivity index (χ4n) is 2.60. The van der Waals surface area contributed by atoms with Crippen LogP contribution in [-0.4, -0.2) is 30.1 Å². The van der Waals surface area contributed by atoms with Crippen LogP contribution in [-0.2, 0) is 11.2 Å². The van der Waals surface area contributed by atoms with Crippen LogP contribution in [0.2, 0.25) is 0 Å². The Morgan fingerprint density at radius 2 is 2.10 bits per heavy atom. The van der Waals surface area contributed by atoms with Crippen LogP contribution in [0.4, 0.5) is 5.69 Å². The van der Waals surface area contributed by atoms with Crippen LogP contribution in [0.15, 0.2) is 18.2 Å². The van der Waals surface area contributed by atoms with Crippen LogP contribution < -0.4 is 10.6 Å². The van der Waals surface area contributed by atoms with Crippen molar-refractivity contribution in [1.29, 1.82) is 0 Å². The maximum absolute atomic E-state index is 12.6. The monoisotopic (exact) mass is 276 g/mol. The predicted molar refractivity (Wildman–Crippen MR) is 76.8 cm³/mol. The lowest BCUT2D eigenvalue weighted by Gasteiger charge is -2.25. The number of aromatic carboxylic acids is 1. The molecule has 1 unspecified atom stereocenters. The van der Waals surface area contributed by atoms with E-state index in [0.717, 1.165) is 12.0 Å². The van der Waals surface area contributed by atoms with Crippen LogP contribution in [0.25, 0.3) is 0 Å². The Kier molecular flexibility index (Phi) is 4.09. The zero-order valence-corrected chi connectivity index (χ0v) is 11.8. The third kappa shape index (κ3) is 2.54. The van der Waals surface area contributed by atoms with E-state index in [0.29, 0.717) is 18.8 Å². The van der Waals surface area contributed by atoms with E-state index in [2.05, 4.69) is 0 Å². The first-order chi connectivity index (χ1) is 9.45. The second-order valence-corrected chi connectivity index (χ2v) is 5.47. The van der Waals surface area contributed by atoms with E-state index in [-0.39, 0.29) is 23.3 Å². The number of benzene rings is 1. The van der Waals surface area contributed by atoms with E-state index < -0.39 is 5.97 Å². The van der Waals surface area contributed by atoms with Crippen molar-refractivity contribution >= 4 is 17.6 Å². The molecule has 0 aliphatic carbocycles. The average Bonchev–Trinajstić information content (AvgIpc) is 2.81. The molecule has 0 saturated heterocycles. The summed E-state index contributed by atoms with van der Waals surface area (Å²) in [4.78, 5) is 25.3. The quantitative estimate of drug-likeness (QED) is 0.873. The molecule has 5 nitrogen and oxygen atoms in total. The van der Waals surface area contributed by atoms with Crippen LogP contribution in [0.5, 0.6) is 0 Å². The molecule has 1 aliphatic rings. The Morgan fingerprint density at radius 1 is 1.40 bits per heavy atom. The number of hydrogen-bond acceptors (Lipinski definition) is 3. The standard InChI is InChI=1S/C15H20N2O3/c1-9(2)12(8-16)14(18)17-6-5-10-3-4-11(15(19)20)7-13(10)17/h3-4,7,9,12H,5-6,8,16H2,1-2H3,(H,19,20). The highest BCUT2D eigenvalue weighted by Gasteiger charge is 2.31. The Labute approximate surface area is 118 Å². The molecule has 20 heavy (non-hydrogen) atoms. The third-order valence-corrected chi connectivity index (χ3v) is 3.87. The van der Waals surface area contributed by atoms with Crippen molar-refractivity contribution in [3.8, 4) is 0 Å². The number of nitrogens with zero attached hydrogens (tertiary/aromatic N) is 1. The van der Waals surface area contributed by atoms with Gasteiger partial charge in [-0.25, -0.2) is 4.79 Å². The predicted octanol–water partition coefficient (Wildman–Crippen LogP) is 1.50. The number of carboxylic acid groups (broad SMARTS) is 1. The summed E-state index contributed by atoms with van der Waals surface area (Å²) in [6, 6.07) is 4.95. The first-order valence-electron chi connectivity index (χ1n) is 6.83. The SMILES string of the molecule is CC(C)C(CN)C(=O)N1CCc2ccc(C(=O)O)cc21. The van der Waals surface area contributed by atoms with E-state index in [1.807, 2.05) is 13.8 Å². The zero-order valence-electron chi connectivity index (χ0n) is 11.8. The van der Waals surface area contributed by atoms with Crippen LogP contribution >= 0.6 is 0 Å². The molecular weight excluding hydrogens is 256 g/mol. The molecule has 2 rings (SSSR count). The number of fused-ring (bicyclic) bond motifs is 1. The molecule has 0 bridgehead atoms. The van der Waals surface area contributed by atoms with E-state index in [1.165, 1.54) is 0 Å². The van der Waals surface area contributed by atoms with Crippen LogP contribution in [0.1, 0.15) is 29.8 Å². The van der Waals surface area contributed by atoms with Crippen molar-refractivity contribution in [2.24, 2.45) is 17.6 Å². The highest BCUT2D eigenvalue weighted by atomic mass is 16.4. The van der Waals surface area contributed by atoms with Gasteiger partial charge >= 0.3 is 5.97 Å². The summed E-state index contributed by atoms with van der Waals surface area (Å²) in [6.45, 7) is 4.85. The lowest BCUT2D eigenvalue weighted by atomic mass is 9.94. The van der Waals surface area contributed by atoms with E-state index in [9.17, 15) is 9.59 Å². The van der Waals surface area contributed by atoms with Crippen molar-refractivity contribution in [3.05, 3.63) is 29.3 Å². The van der Waals surface area contributed by atoms with Gasteiger partial charge in [-0.2, -0.15) is 0 Å². The molecule has 0 saturated carbocycles. The fraction of sp³-hybridized carbons (Fsp3) is 0.467. The molecular formula is C15H20N2O3. The minimum atomic E-state index is -0.980. The molecule has 1 atom stereocenters. The van der Waals surface area contributed by atoms with Gasteiger partial charge in [0.2, 0.25) is 5.91 Å². The molecule has 1 aromatic carbocycles. The highest BCUT2D eigenvalue weighted by Crippen LogP contribution is 2.31. The van der Waals surface area contributed by atoms with Crippen LogP contribution in [0, 0.1) is 11.8 Å². The summed E-state index contributed by atoms with van der Waals surface area (Å²) in [5.74, 6) is -1.05. The topological polar surface area (TPSA) is 83.6 Å². The molecule has 0 aromatic heterocycles. The van der Waals surface area contributed by atoms with Crippen molar-refractivity contribution in [3.63, 3.8) is 0 Å². The molecule has 5 heteroatoms. The Balaban J connectivity index is 2.33. The summed E-state index contributed by atoms with van der Waals surface area (Å²) in [7, 11) is 0. The molecule has 3 N–H and O–H groups in total. The summed E-state index contributed by atoms with van der Waals surface area (Å²) in [5, 5.41) is 9.06. The molecule has 1 aromatic rings. The number of hydrogen-bond donors (Lipinski definition) is 2. The number of carbonyl (C=O) groups is 2. The Hall–Kier alpha value is -1.88. The summed E-state index contributed by atoms with van der Waals surface area (Å²) < 4.78 is 0. The minimum absolute atomic E-state index is 0.0104. The third-order valence-electron chi connectivity index (χ3n) is 3.87. The van der Waals surface area contributed by atoms with Gasteiger partial charge in [-0.15, -0.1) is 0 Å². The normalized spacial score (nSPS) is 15.3. The number of carboxylic acids is 1. The van der Waals surface area contributed by atoms with Gasteiger partial charge in [-0.05, 0) is 30.0 Å². The highest BCUT2D eigenvalue weighted by molar-refractivity contribution is 5.99. The molecule has 0 fully saturated rings. The fourth-order valence-corrected chi connectivity index (χ4v) is 2.60. The van der Waals surface area contributed by atoms with Gasteiger partial charge in [-0.1, -0.05) is 19.9 Å². The number of nitrogens with two attached hydrogens (primary N) is 1. The van der Waals surface area contributed by atoms with Gasteiger partial charge < -0.3 is 15.7 Å². The van der Waals surface area contributed by atoms with Gasteiger partial charge in [0.05, 0.1) is 11.5 Å². The first kappa shape index (κ1) is 14.5. The number of anilines is 1. The summed E-state index contributed by atoms with van der Waals surface area (Å²) in [6.07, 6.45) is 0.760. The van der Waals surface area contributed by atoms with Gasteiger partial charge in [0.1, 0.15) is 0 Å². The lowest BCUT2D eigenvalue weighted by Crippen LogP contribution is -2.40. The summed E-state index contributed by atoms with van der Waals surface area (Å²) >= 11 is 0. The minimum Gasteiger partial charge on any atom is -0.478 e. The Bertz CT molecular complexity index is 540. The number of rotatable bonds is 4. The van der Waals surface area contributed by atoms with E-state index >= 15 is 0 Å². The van der Waals surface area contributed by atoms with Crippen molar-refractivity contribution < 1.29 is 14.7 Å². The van der Waals surface area contributed by atoms with Crippen molar-refractivity contribution in [2.45, 2.75) is 20.3 Å². The van der Waals surface area contributed by atoms with E-state index in [1.54, 1.807) is 23.1 Å². The first-order valence-corrected chi connectivity index (χ1v) is 6.83. The smallest absolute Gasteiger partial charge is 0.335 e. The molecule has 0 radical (unpaired) electrons. The Morgan fingerprint density at radius 3 is 2.65 bits per heavy atom. The largest absolute Gasteiger partial charge is 0.478 e. The van der Waals surface area contributed by atoms with Gasteiger partial charge in [0.15, 0.2) is 0 Å². The molecule has 108 valence electrons. The van der Waals surface area contributed by atoms with Gasteiger partial charge in [-0.3, -0.25) is 4.79 Å². The van der Waals surface area contributed by atoms with Crippen LogP contribution in [0.3, 0.4) is 0 Å². The molecule has 1 amide bonds. The van der Waals surface area contributed by atoms with Gasteiger partial charge in [0, 0.05) is 18.8 Å². The zero-order chi connectivity index (χ0) is 14.9. The molecule has 1 aliphatic heterocycles. The lowest BCUT2D eigenvalue weighted by molar-refractivity contribution is -0.123.